The predicted octanol–water partition coefficient (Wildman–Crippen LogP) is -0.267. The van der Waals surface area contributed by atoms with Gasteiger partial charge in [0, 0.05) is 6.61 Å². The van der Waals surface area contributed by atoms with Crippen LogP contribution in [0.1, 0.15) is 77.6 Å². The molecule has 0 unspecified atom stereocenters. The first-order valence-electron chi connectivity index (χ1n) is 7.29. The van der Waals surface area contributed by atoms with E-state index in [1.165, 1.54) is 64.2 Å². The maximum atomic E-state index is 8.77. The smallest absolute Gasteiger partial charge is 0.756 e. The Morgan fingerprint density at radius 1 is 0.800 bits per heavy atom. The molecule has 0 aromatic carbocycles. The van der Waals surface area contributed by atoms with Crippen LogP contribution in [0.5, 0.6) is 0 Å². The fraction of sp³-hybridized carbons (Fsp3) is 1.00. The SMILES string of the molecule is CCCCCCCCCCCCCO.O=P([O-])(O)O.[K+]. The zero-order chi connectivity index (χ0) is 15.0. The van der Waals surface area contributed by atoms with Gasteiger partial charge in [0.1, 0.15) is 0 Å². The molecule has 0 spiro atoms. The summed E-state index contributed by atoms with van der Waals surface area (Å²) in [6.45, 7) is 2.64. The molecule has 0 saturated carbocycles. The summed E-state index contributed by atoms with van der Waals surface area (Å²) in [6, 6.07) is 0. The first-order chi connectivity index (χ1) is 8.91. The van der Waals surface area contributed by atoms with Gasteiger partial charge in [0.25, 0.3) is 7.82 Å². The third-order valence-corrected chi connectivity index (χ3v) is 2.76. The van der Waals surface area contributed by atoms with E-state index in [1.807, 2.05) is 0 Å². The van der Waals surface area contributed by atoms with Crippen LogP contribution in [0.15, 0.2) is 0 Å². The predicted molar refractivity (Wildman–Crippen MR) is 75.6 cm³/mol. The van der Waals surface area contributed by atoms with Crippen LogP contribution in [0.2, 0.25) is 0 Å². The molecular formula is C13H30KO5P. The fourth-order valence-corrected chi connectivity index (χ4v) is 1.78. The van der Waals surface area contributed by atoms with Crippen molar-refractivity contribution in [2.24, 2.45) is 0 Å². The van der Waals surface area contributed by atoms with Crippen molar-refractivity contribution in [3.8, 4) is 0 Å². The van der Waals surface area contributed by atoms with E-state index in [0.717, 1.165) is 6.42 Å². The molecule has 0 fully saturated rings. The summed E-state index contributed by atoms with van der Waals surface area (Å²) < 4.78 is 8.77. The third kappa shape index (κ3) is 42.7. The summed E-state index contributed by atoms with van der Waals surface area (Å²) in [7, 11) is -4.89. The molecule has 0 aliphatic carbocycles. The van der Waals surface area contributed by atoms with E-state index in [-0.39, 0.29) is 51.4 Å². The number of hydrogen-bond donors (Lipinski definition) is 3. The normalized spacial score (nSPS) is 10.4. The van der Waals surface area contributed by atoms with Crippen molar-refractivity contribution in [3.05, 3.63) is 0 Å². The van der Waals surface area contributed by atoms with Crippen molar-refractivity contribution in [3.63, 3.8) is 0 Å². The molecule has 0 aromatic rings. The van der Waals surface area contributed by atoms with Crippen LogP contribution in [-0.4, -0.2) is 21.5 Å². The Balaban J connectivity index is -0.000000414. The minimum atomic E-state index is -4.89. The summed E-state index contributed by atoms with van der Waals surface area (Å²) in [6.07, 6.45) is 14.8. The molecule has 0 aliphatic heterocycles. The third-order valence-electron chi connectivity index (χ3n) is 2.76. The van der Waals surface area contributed by atoms with Crippen LogP contribution in [0.3, 0.4) is 0 Å². The Bertz CT molecular complexity index is 191. The summed E-state index contributed by atoms with van der Waals surface area (Å²) >= 11 is 0. The molecule has 5 nitrogen and oxygen atoms in total. The van der Waals surface area contributed by atoms with Gasteiger partial charge < -0.3 is 19.8 Å². The van der Waals surface area contributed by atoms with Gasteiger partial charge in [0.15, 0.2) is 0 Å². The van der Waals surface area contributed by atoms with Crippen LogP contribution < -0.4 is 56.3 Å². The average Bonchev–Trinajstić information content (AvgIpc) is 2.29. The monoisotopic (exact) mass is 336 g/mol. The molecule has 0 bridgehead atoms. The zero-order valence-electron chi connectivity index (χ0n) is 13.1. The Kier molecular flexibility index (Phi) is 27.5. The Morgan fingerprint density at radius 2 is 1.05 bits per heavy atom. The largest absolute Gasteiger partial charge is 1.00 e. The van der Waals surface area contributed by atoms with Crippen LogP contribution >= 0.6 is 7.82 Å². The van der Waals surface area contributed by atoms with Crippen molar-refractivity contribution >= 4 is 7.82 Å². The van der Waals surface area contributed by atoms with Crippen molar-refractivity contribution < 1.29 is 75.7 Å². The molecule has 3 N–H and O–H groups in total. The minimum Gasteiger partial charge on any atom is -0.756 e. The molecule has 0 radical (unpaired) electrons. The van der Waals surface area contributed by atoms with Gasteiger partial charge >= 0.3 is 51.4 Å². The van der Waals surface area contributed by atoms with Gasteiger partial charge in [0.05, 0.1) is 0 Å². The molecule has 0 rings (SSSR count). The minimum absolute atomic E-state index is 0. The standard InChI is InChI=1S/C13H28O.K.H3O4P/c1-2-3-4-5-6-7-8-9-10-11-12-13-14;;1-5(2,3)4/h14H,2-13H2,1H3;;(H3,1,2,3,4)/q;+1;/p-1. The van der Waals surface area contributed by atoms with Gasteiger partial charge in [-0.1, -0.05) is 71.1 Å². The van der Waals surface area contributed by atoms with Crippen LogP contribution in [0.4, 0.5) is 0 Å². The zero-order valence-corrected chi connectivity index (χ0v) is 17.1. The molecule has 20 heavy (non-hydrogen) atoms. The molecule has 0 atom stereocenters. The number of rotatable bonds is 11. The van der Waals surface area contributed by atoms with Gasteiger partial charge in [-0.3, -0.25) is 4.57 Å². The summed E-state index contributed by atoms with van der Waals surface area (Å²) in [5.41, 5.74) is 0. The Hall–Kier alpha value is 1.71. The van der Waals surface area contributed by atoms with Crippen LogP contribution in [0.25, 0.3) is 0 Å². The van der Waals surface area contributed by atoms with E-state index < -0.39 is 7.82 Å². The topological polar surface area (TPSA) is 101 Å². The maximum Gasteiger partial charge on any atom is 1.00 e. The van der Waals surface area contributed by atoms with E-state index in [9.17, 15) is 0 Å². The van der Waals surface area contributed by atoms with E-state index >= 15 is 0 Å². The number of aliphatic hydroxyl groups excluding tert-OH is 1. The van der Waals surface area contributed by atoms with Gasteiger partial charge in [0.2, 0.25) is 0 Å². The van der Waals surface area contributed by atoms with Gasteiger partial charge in [-0.05, 0) is 6.42 Å². The quantitative estimate of drug-likeness (QED) is 0.274. The average molecular weight is 336 g/mol. The van der Waals surface area contributed by atoms with E-state index in [1.54, 1.807) is 0 Å². The molecule has 0 aromatic heterocycles. The van der Waals surface area contributed by atoms with Crippen molar-refractivity contribution in [1.82, 2.24) is 0 Å². The molecule has 0 heterocycles. The van der Waals surface area contributed by atoms with Gasteiger partial charge in [-0.2, -0.15) is 0 Å². The second-order valence-electron chi connectivity index (χ2n) is 4.75. The van der Waals surface area contributed by atoms with Crippen LogP contribution in [0, 0.1) is 0 Å². The Labute approximate surface area is 166 Å². The molecular weight excluding hydrogens is 306 g/mol. The number of phosphoric acid groups is 1. The fourth-order valence-electron chi connectivity index (χ4n) is 1.78. The van der Waals surface area contributed by atoms with Crippen molar-refractivity contribution in [2.45, 2.75) is 77.6 Å². The van der Waals surface area contributed by atoms with Gasteiger partial charge in [-0.25, -0.2) is 0 Å². The summed E-state index contributed by atoms with van der Waals surface area (Å²) in [5.74, 6) is 0. The summed E-state index contributed by atoms with van der Waals surface area (Å²) in [4.78, 5) is 22.9. The van der Waals surface area contributed by atoms with Crippen molar-refractivity contribution in [1.29, 1.82) is 0 Å². The molecule has 118 valence electrons. The number of aliphatic hydroxyl groups is 1. The van der Waals surface area contributed by atoms with E-state index in [4.69, 9.17) is 24.4 Å². The number of unbranched alkanes of at least 4 members (excludes halogenated alkanes) is 10. The Morgan fingerprint density at radius 3 is 1.30 bits per heavy atom. The van der Waals surface area contributed by atoms with Crippen LogP contribution in [-0.2, 0) is 4.57 Å². The van der Waals surface area contributed by atoms with E-state index in [2.05, 4.69) is 6.92 Å². The first-order valence-corrected chi connectivity index (χ1v) is 8.82. The summed E-state index contributed by atoms with van der Waals surface area (Å²) in [5, 5.41) is 8.59. The van der Waals surface area contributed by atoms with Gasteiger partial charge in [-0.15, -0.1) is 0 Å². The molecule has 7 heteroatoms. The molecule has 0 amide bonds. The number of hydrogen-bond acceptors (Lipinski definition) is 3. The second kappa shape index (κ2) is 20.7. The molecule has 0 aliphatic rings. The second-order valence-corrected chi connectivity index (χ2v) is 5.73. The maximum absolute atomic E-state index is 8.77. The van der Waals surface area contributed by atoms with Crippen molar-refractivity contribution in [2.75, 3.05) is 6.61 Å². The van der Waals surface area contributed by atoms with E-state index in [0.29, 0.717) is 6.61 Å². The molecule has 0 saturated heterocycles. The first kappa shape index (κ1) is 26.6.